The Hall–Kier alpha value is -2.06. The van der Waals surface area contributed by atoms with Gasteiger partial charge in [-0.1, -0.05) is 80.4 Å². The highest BCUT2D eigenvalue weighted by Gasteiger charge is 2.45. The van der Waals surface area contributed by atoms with Crippen LogP contribution < -0.4 is 4.74 Å². The molecule has 2 nitrogen and oxygen atoms in total. The molecular weight excluding hydrogens is 628 g/mol. The monoisotopic (exact) mass is 668 g/mol. The smallest absolute Gasteiger partial charge is 0.447 e. The van der Waals surface area contributed by atoms with Crippen LogP contribution in [0.1, 0.15) is 56.2 Å². The Morgan fingerprint density at radius 3 is 1.86 bits per heavy atom. The van der Waals surface area contributed by atoms with Crippen LogP contribution in [0.25, 0.3) is 0 Å². The van der Waals surface area contributed by atoms with Crippen molar-refractivity contribution in [2.24, 2.45) is 0 Å². The fourth-order valence-corrected chi connectivity index (χ4v) is 6.28. The predicted octanol–water partition coefficient (Wildman–Crippen LogP) is 11.7. The number of hydrogen-bond acceptors (Lipinski definition) is 3. The number of benzene rings is 3. The van der Waals surface area contributed by atoms with Gasteiger partial charge in [-0.05, 0) is 102 Å². The summed E-state index contributed by atoms with van der Waals surface area (Å²) < 4.78 is 52.5. The molecule has 0 aliphatic heterocycles. The summed E-state index contributed by atoms with van der Waals surface area (Å²) in [5.74, 6) is 1.92. The third kappa shape index (κ3) is 11.4. The second-order valence-electron chi connectivity index (χ2n) is 12.0. The molecule has 3 aromatic carbocycles. The summed E-state index contributed by atoms with van der Waals surface area (Å²) in [5.41, 5.74) is 3.23. The average Bonchev–Trinajstić information content (AvgIpc) is 2.93. The quantitative estimate of drug-likeness (QED) is 0.0967. The van der Waals surface area contributed by atoms with E-state index in [1.54, 1.807) is 24.3 Å². The fraction of sp³-hybridized carbons (Fsp3) is 0.412. The van der Waals surface area contributed by atoms with E-state index in [1.165, 1.54) is 11.1 Å². The SMILES string of the molecule is CC(C)(C)[Si](C)(C)O/C(=C\Cc1ccc(OCCSCCCC(c2ccc(Cl)cc2)c2ccc(Cl)cc2)cc1)C(F)(F)F. The van der Waals surface area contributed by atoms with Gasteiger partial charge in [-0.2, -0.15) is 24.9 Å². The molecule has 3 aromatic rings. The summed E-state index contributed by atoms with van der Waals surface area (Å²) in [6, 6.07) is 23.3. The van der Waals surface area contributed by atoms with Crippen LogP contribution >= 0.6 is 35.0 Å². The van der Waals surface area contributed by atoms with Gasteiger partial charge in [0.25, 0.3) is 0 Å². The molecule has 0 saturated carbocycles. The largest absolute Gasteiger partial charge is 0.540 e. The lowest BCUT2D eigenvalue weighted by atomic mass is 9.88. The van der Waals surface area contributed by atoms with Gasteiger partial charge < -0.3 is 9.16 Å². The number of rotatable bonds is 14. The van der Waals surface area contributed by atoms with Gasteiger partial charge in [0.05, 0.1) is 6.61 Å². The molecule has 0 saturated heterocycles. The van der Waals surface area contributed by atoms with Gasteiger partial charge in [0.2, 0.25) is 8.32 Å². The Labute approximate surface area is 270 Å². The van der Waals surface area contributed by atoms with E-state index in [9.17, 15) is 13.2 Å². The maximum absolute atomic E-state index is 13.7. The summed E-state index contributed by atoms with van der Waals surface area (Å²) in [6.45, 7) is 9.95. The molecular formula is C34H41Cl2F3O2SSi. The molecule has 0 radical (unpaired) electrons. The van der Waals surface area contributed by atoms with Crippen LogP contribution in [0.2, 0.25) is 28.2 Å². The lowest BCUT2D eigenvalue weighted by Crippen LogP contribution is -2.42. The Kier molecular flexibility index (Phi) is 13.0. The van der Waals surface area contributed by atoms with Crippen molar-refractivity contribution in [3.05, 3.63) is 111 Å². The van der Waals surface area contributed by atoms with E-state index in [1.807, 2.05) is 69.9 Å². The number of thioether (sulfide) groups is 1. The number of allylic oxidation sites excluding steroid dienone is 2. The van der Waals surface area contributed by atoms with Gasteiger partial charge in [-0.15, -0.1) is 0 Å². The lowest BCUT2D eigenvalue weighted by Gasteiger charge is -2.37. The van der Waals surface area contributed by atoms with Crippen LogP contribution in [-0.4, -0.2) is 32.6 Å². The summed E-state index contributed by atoms with van der Waals surface area (Å²) in [6.07, 6.45) is -1.20. The van der Waals surface area contributed by atoms with E-state index in [4.69, 9.17) is 32.4 Å². The first-order valence-electron chi connectivity index (χ1n) is 14.4. The minimum Gasteiger partial charge on any atom is -0.540 e. The number of halogens is 5. The molecule has 0 aromatic heterocycles. The first-order chi connectivity index (χ1) is 20.2. The maximum atomic E-state index is 13.7. The maximum Gasteiger partial charge on any atom is 0.447 e. The van der Waals surface area contributed by atoms with Gasteiger partial charge in [0, 0.05) is 21.7 Å². The van der Waals surface area contributed by atoms with E-state index in [0.717, 1.165) is 46.0 Å². The molecule has 0 N–H and O–H groups in total. The molecule has 0 amide bonds. The van der Waals surface area contributed by atoms with Crippen molar-refractivity contribution in [2.45, 2.75) is 70.3 Å². The third-order valence-corrected chi connectivity index (χ3v) is 13.6. The Morgan fingerprint density at radius 1 is 0.837 bits per heavy atom. The Bertz CT molecular complexity index is 1260. The van der Waals surface area contributed by atoms with E-state index in [2.05, 4.69) is 24.3 Å². The van der Waals surface area contributed by atoms with E-state index < -0.39 is 20.3 Å². The summed E-state index contributed by atoms with van der Waals surface area (Å²) >= 11 is 14.1. The van der Waals surface area contributed by atoms with Crippen molar-refractivity contribution < 1.29 is 22.3 Å². The highest BCUT2D eigenvalue weighted by molar-refractivity contribution is 7.99. The minimum absolute atomic E-state index is 0.132. The minimum atomic E-state index is -4.52. The normalized spacial score (nSPS) is 13.0. The molecule has 3 rings (SSSR count). The molecule has 0 fully saturated rings. The molecule has 0 heterocycles. The summed E-state index contributed by atoms with van der Waals surface area (Å²) in [4.78, 5) is 0. The first-order valence-corrected chi connectivity index (χ1v) is 19.2. The number of hydrogen-bond donors (Lipinski definition) is 0. The molecule has 0 unspecified atom stereocenters. The molecule has 0 aliphatic carbocycles. The van der Waals surface area contributed by atoms with Crippen LogP contribution in [0.5, 0.6) is 5.75 Å². The zero-order valence-electron chi connectivity index (χ0n) is 25.4. The standard InChI is InChI=1S/C34H41Cl2F3O2SSi/c1-33(2,3)43(4,5)41-32(34(37,38)39)21-10-25-8-19-30(20-9-25)40-22-24-42-23-6-7-31(26-11-15-28(35)16-12-26)27-13-17-29(36)18-14-27/h8-9,11-21,31H,6-7,10,22-24H2,1-5H3/b32-21-. The van der Waals surface area contributed by atoms with Crippen molar-refractivity contribution >= 4 is 43.3 Å². The van der Waals surface area contributed by atoms with Gasteiger partial charge in [-0.25, -0.2) is 0 Å². The molecule has 0 atom stereocenters. The van der Waals surface area contributed by atoms with E-state index >= 15 is 0 Å². The summed E-state index contributed by atoms with van der Waals surface area (Å²) in [5, 5.41) is 1.12. The zero-order valence-corrected chi connectivity index (χ0v) is 28.8. The van der Waals surface area contributed by atoms with Crippen molar-refractivity contribution in [1.29, 1.82) is 0 Å². The van der Waals surface area contributed by atoms with Gasteiger partial charge in [0.15, 0.2) is 5.76 Å². The lowest BCUT2D eigenvalue weighted by molar-refractivity contribution is -0.118. The molecule has 9 heteroatoms. The third-order valence-electron chi connectivity index (χ3n) is 7.72. The van der Waals surface area contributed by atoms with Crippen LogP contribution in [0.15, 0.2) is 84.6 Å². The average molecular weight is 670 g/mol. The van der Waals surface area contributed by atoms with E-state index in [-0.39, 0.29) is 17.4 Å². The highest BCUT2D eigenvalue weighted by atomic mass is 35.5. The second-order valence-corrected chi connectivity index (χ2v) is 18.9. The molecule has 0 bridgehead atoms. The zero-order chi connectivity index (χ0) is 31.7. The van der Waals surface area contributed by atoms with Gasteiger partial charge in [-0.3, -0.25) is 0 Å². The van der Waals surface area contributed by atoms with Gasteiger partial charge >= 0.3 is 6.18 Å². The van der Waals surface area contributed by atoms with E-state index in [0.29, 0.717) is 12.4 Å². The number of alkyl halides is 3. The highest BCUT2D eigenvalue weighted by Crippen LogP contribution is 2.41. The predicted molar refractivity (Wildman–Crippen MR) is 179 cm³/mol. The van der Waals surface area contributed by atoms with Crippen molar-refractivity contribution in [1.82, 2.24) is 0 Å². The first kappa shape index (κ1) is 35.4. The summed E-state index contributed by atoms with van der Waals surface area (Å²) in [7, 11) is -2.61. The van der Waals surface area contributed by atoms with Crippen LogP contribution in [0.3, 0.4) is 0 Å². The molecule has 43 heavy (non-hydrogen) atoms. The fourth-order valence-electron chi connectivity index (χ4n) is 4.20. The topological polar surface area (TPSA) is 18.5 Å². The molecule has 0 spiro atoms. The van der Waals surface area contributed by atoms with Crippen molar-refractivity contribution in [3.63, 3.8) is 0 Å². The Morgan fingerprint density at radius 2 is 1.37 bits per heavy atom. The number of ether oxygens (including phenoxy) is 1. The van der Waals surface area contributed by atoms with Crippen molar-refractivity contribution in [2.75, 3.05) is 18.1 Å². The van der Waals surface area contributed by atoms with Crippen molar-refractivity contribution in [3.8, 4) is 5.75 Å². The second kappa shape index (κ2) is 15.8. The Balaban J connectivity index is 1.44. The van der Waals surface area contributed by atoms with Crippen LogP contribution in [-0.2, 0) is 10.8 Å². The van der Waals surface area contributed by atoms with Crippen LogP contribution in [0.4, 0.5) is 13.2 Å². The van der Waals surface area contributed by atoms with Gasteiger partial charge in [0.1, 0.15) is 5.75 Å². The van der Waals surface area contributed by atoms with Crippen LogP contribution in [0, 0.1) is 0 Å². The molecule has 234 valence electrons. The molecule has 0 aliphatic rings.